The third-order valence-corrected chi connectivity index (χ3v) is 3.07. The molecule has 0 aliphatic carbocycles. The number of aromatic nitrogens is 2. The van der Waals surface area contributed by atoms with Crippen LogP contribution in [-0.2, 0) is 4.74 Å². The first-order valence-electron chi connectivity index (χ1n) is 6.56. The van der Waals surface area contributed by atoms with Gasteiger partial charge in [0.05, 0.1) is 17.9 Å². The molecule has 2 rings (SSSR count). The number of anilines is 1. The third-order valence-electron chi connectivity index (χ3n) is 2.88. The highest BCUT2D eigenvalue weighted by atomic mass is 35.5. The number of hydrogen-bond acceptors (Lipinski definition) is 5. The van der Waals surface area contributed by atoms with Gasteiger partial charge in [0.1, 0.15) is 5.60 Å². The molecule has 6 nitrogen and oxygen atoms in total. The summed E-state index contributed by atoms with van der Waals surface area (Å²) in [5, 5.41) is 10.8. The maximum atomic E-state index is 11.7. The van der Waals surface area contributed by atoms with E-state index in [0.29, 0.717) is 11.7 Å². The quantitative estimate of drug-likeness (QED) is 0.907. The number of halogens is 1. The predicted octanol–water partition coefficient (Wildman–Crippen LogP) is 2.23. The van der Waals surface area contributed by atoms with Crippen LogP contribution in [0.15, 0.2) is 12.3 Å². The molecule has 0 bridgehead atoms. The van der Waals surface area contributed by atoms with Gasteiger partial charge in [-0.1, -0.05) is 11.6 Å². The van der Waals surface area contributed by atoms with Crippen molar-refractivity contribution in [2.24, 2.45) is 0 Å². The lowest BCUT2D eigenvalue weighted by Crippen LogP contribution is -2.40. The van der Waals surface area contributed by atoms with Gasteiger partial charge < -0.3 is 15.0 Å². The Hall–Kier alpha value is -1.56. The molecule has 1 aliphatic heterocycles. The Kier molecular flexibility index (Phi) is 4.32. The van der Waals surface area contributed by atoms with Gasteiger partial charge in [-0.3, -0.25) is 0 Å². The molecular weight excluding hydrogens is 280 g/mol. The van der Waals surface area contributed by atoms with Crippen LogP contribution in [0.5, 0.6) is 0 Å². The number of nitrogens with zero attached hydrogens (tertiary/aromatic N) is 3. The van der Waals surface area contributed by atoms with Gasteiger partial charge in [0.15, 0.2) is 5.15 Å². The minimum absolute atomic E-state index is 0.0665. The zero-order chi connectivity index (χ0) is 14.8. The Bertz CT molecular complexity index is 490. The molecule has 1 aliphatic rings. The number of carbonyl (C=O) groups is 1. The lowest BCUT2D eigenvalue weighted by Gasteiger charge is -2.22. The first-order valence-corrected chi connectivity index (χ1v) is 6.94. The molecule has 0 saturated carbocycles. The van der Waals surface area contributed by atoms with Crippen LogP contribution < -0.4 is 10.2 Å². The topological polar surface area (TPSA) is 67.3 Å². The predicted molar refractivity (Wildman–Crippen MR) is 77.0 cm³/mol. The molecule has 1 aromatic heterocycles. The summed E-state index contributed by atoms with van der Waals surface area (Å²) < 4.78 is 5.25. The highest BCUT2D eigenvalue weighted by molar-refractivity contribution is 6.29. The van der Waals surface area contributed by atoms with Crippen molar-refractivity contribution in [2.45, 2.75) is 38.8 Å². The first kappa shape index (κ1) is 14.8. The molecule has 0 unspecified atom stereocenters. The van der Waals surface area contributed by atoms with Crippen molar-refractivity contribution in [3.63, 3.8) is 0 Å². The van der Waals surface area contributed by atoms with Crippen molar-refractivity contribution in [2.75, 3.05) is 18.0 Å². The molecule has 20 heavy (non-hydrogen) atoms. The zero-order valence-electron chi connectivity index (χ0n) is 11.9. The highest BCUT2D eigenvalue weighted by Gasteiger charge is 2.26. The number of rotatable bonds is 2. The lowest BCUT2D eigenvalue weighted by molar-refractivity contribution is 0.0509. The lowest BCUT2D eigenvalue weighted by atomic mass is 10.2. The van der Waals surface area contributed by atoms with Crippen LogP contribution in [0.1, 0.15) is 27.2 Å². The van der Waals surface area contributed by atoms with E-state index < -0.39 is 5.60 Å². The van der Waals surface area contributed by atoms with Gasteiger partial charge in [-0.2, -0.15) is 5.10 Å². The van der Waals surface area contributed by atoms with Crippen LogP contribution in [0.2, 0.25) is 5.15 Å². The molecule has 1 saturated heterocycles. The number of carbonyl (C=O) groups excluding carboxylic acids is 1. The van der Waals surface area contributed by atoms with Crippen molar-refractivity contribution >= 4 is 23.4 Å². The zero-order valence-corrected chi connectivity index (χ0v) is 12.6. The molecule has 1 amide bonds. The second-order valence-corrected chi connectivity index (χ2v) is 6.20. The molecule has 1 N–H and O–H groups in total. The highest BCUT2D eigenvalue weighted by Crippen LogP contribution is 2.21. The minimum atomic E-state index is -0.481. The Morgan fingerprint density at radius 3 is 2.95 bits per heavy atom. The summed E-state index contributed by atoms with van der Waals surface area (Å²) >= 11 is 5.83. The third kappa shape index (κ3) is 4.23. The van der Waals surface area contributed by atoms with Crippen molar-refractivity contribution in [1.29, 1.82) is 0 Å². The summed E-state index contributed by atoms with van der Waals surface area (Å²) in [4.78, 5) is 13.8. The average molecular weight is 299 g/mol. The van der Waals surface area contributed by atoms with Gasteiger partial charge in [-0.25, -0.2) is 4.79 Å². The molecule has 0 radical (unpaired) electrons. The van der Waals surface area contributed by atoms with E-state index in [4.69, 9.17) is 16.3 Å². The maximum Gasteiger partial charge on any atom is 0.407 e. The first-order chi connectivity index (χ1) is 9.33. The fourth-order valence-electron chi connectivity index (χ4n) is 2.09. The van der Waals surface area contributed by atoms with E-state index in [-0.39, 0.29) is 12.1 Å². The summed E-state index contributed by atoms with van der Waals surface area (Å²) in [6.07, 6.45) is 2.15. The van der Waals surface area contributed by atoms with Crippen LogP contribution >= 0.6 is 11.6 Å². The van der Waals surface area contributed by atoms with E-state index >= 15 is 0 Å². The van der Waals surface area contributed by atoms with Crippen molar-refractivity contribution in [3.8, 4) is 0 Å². The molecular formula is C13H19ClN4O2. The summed E-state index contributed by atoms with van der Waals surface area (Å²) in [5.74, 6) is 0. The fourth-order valence-corrected chi connectivity index (χ4v) is 2.25. The van der Waals surface area contributed by atoms with Crippen LogP contribution in [0.3, 0.4) is 0 Å². The molecule has 1 aromatic rings. The molecule has 1 fully saturated rings. The van der Waals surface area contributed by atoms with Gasteiger partial charge in [0.25, 0.3) is 0 Å². The molecule has 0 aromatic carbocycles. The SMILES string of the molecule is CC(C)(C)OC(=O)N[C@@H]1CCN(c2cnnc(Cl)c2)C1. The van der Waals surface area contributed by atoms with Gasteiger partial charge in [-0.15, -0.1) is 5.10 Å². The standard InChI is InChI=1S/C13H19ClN4O2/c1-13(2,3)20-12(19)16-9-4-5-18(8-9)10-6-11(14)17-15-7-10/h6-7,9H,4-5,8H2,1-3H3,(H,16,19)/t9-/m1/s1. The molecule has 110 valence electrons. The van der Waals surface area contributed by atoms with Crippen molar-refractivity contribution < 1.29 is 9.53 Å². The van der Waals surface area contributed by atoms with E-state index in [1.54, 1.807) is 12.3 Å². The Morgan fingerprint density at radius 2 is 2.30 bits per heavy atom. The molecule has 7 heteroatoms. The van der Waals surface area contributed by atoms with Gasteiger partial charge in [0, 0.05) is 19.2 Å². The van der Waals surface area contributed by atoms with Gasteiger partial charge in [-0.05, 0) is 27.2 Å². The van der Waals surface area contributed by atoms with Crippen LogP contribution in [0, 0.1) is 0 Å². The normalized spacial score (nSPS) is 19.0. The van der Waals surface area contributed by atoms with Crippen LogP contribution in [0.25, 0.3) is 0 Å². The average Bonchev–Trinajstić information content (AvgIpc) is 2.74. The van der Waals surface area contributed by atoms with Gasteiger partial charge >= 0.3 is 6.09 Å². The van der Waals surface area contributed by atoms with E-state index in [1.165, 1.54) is 0 Å². The maximum absolute atomic E-state index is 11.7. The van der Waals surface area contributed by atoms with Crippen molar-refractivity contribution in [1.82, 2.24) is 15.5 Å². The van der Waals surface area contributed by atoms with E-state index in [1.807, 2.05) is 20.8 Å². The van der Waals surface area contributed by atoms with Crippen LogP contribution in [0.4, 0.5) is 10.5 Å². The smallest absolute Gasteiger partial charge is 0.407 e. The van der Waals surface area contributed by atoms with Crippen molar-refractivity contribution in [3.05, 3.63) is 17.4 Å². The Labute approximate surface area is 123 Å². The second kappa shape index (κ2) is 5.83. The largest absolute Gasteiger partial charge is 0.444 e. The Morgan fingerprint density at radius 1 is 1.55 bits per heavy atom. The molecule has 0 spiro atoms. The van der Waals surface area contributed by atoms with Gasteiger partial charge in [0.2, 0.25) is 0 Å². The molecule has 2 heterocycles. The number of alkyl carbamates (subject to hydrolysis) is 1. The second-order valence-electron chi connectivity index (χ2n) is 5.81. The van der Waals surface area contributed by atoms with E-state index in [9.17, 15) is 4.79 Å². The number of hydrogen-bond donors (Lipinski definition) is 1. The summed E-state index contributed by atoms with van der Waals surface area (Å²) in [7, 11) is 0. The van der Waals surface area contributed by atoms with E-state index in [2.05, 4.69) is 20.4 Å². The Balaban J connectivity index is 1.88. The number of amides is 1. The summed E-state index contributed by atoms with van der Waals surface area (Å²) in [5.41, 5.74) is 0.434. The van der Waals surface area contributed by atoms with E-state index in [0.717, 1.165) is 18.7 Å². The summed E-state index contributed by atoms with van der Waals surface area (Å²) in [6, 6.07) is 1.83. The monoisotopic (exact) mass is 298 g/mol. The summed E-state index contributed by atoms with van der Waals surface area (Å²) in [6.45, 7) is 7.08. The minimum Gasteiger partial charge on any atom is -0.444 e. The van der Waals surface area contributed by atoms with Crippen LogP contribution in [-0.4, -0.2) is 41.0 Å². The fraction of sp³-hybridized carbons (Fsp3) is 0.615. The molecule has 1 atom stereocenters. The number of nitrogens with one attached hydrogen (secondary N) is 1. The number of ether oxygens (including phenoxy) is 1.